The molecule has 7 nitrogen and oxygen atoms in total. The molecule has 0 fully saturated rings. The van der Waals surface area contributed by atoms with E-state index in [0.29, 0.717) is 12.4 Å². The molecule has 1 atom stereocenters. The van der Waals surface area contributed by atoms with Crippen LogP contribution in [-0.4, -0.2) is 40.8 Å². The molecule has 130 valence electrons. The molecule has 3 rings (SSSR count). The van der Waals surface area contributed by atoms with E-state index >= 15 is 0 Å². The number of amides is 2. The van der Waals surface area contributed by atoms with E-state index in [-0.39, 0.29) is 18.6 Å². The number of nitrogens with zero attached hydrogens (tertiary/aromatic N) is 2. The predicted octanol–water partition coefficient (Wildman–Crippen LogP) is 2.24. The lowest BCUT2D eigenvalue weighted by atomic mass is 10.00. The molecule has 0 radical (unpaired) electrons. The summed E-state index contributed by atoms with van der Waals surface area (Å²) in [7, 11) is 1.60. The van der Waals surface area contributed by atoms with Gasteiger partial charge in [0.05, 0.1) is 19.9 Å². The molecule has 1 unspecified atom stereocenters. The molecule has 2 heterocycles. The summed E-state index contributed by atoms with van der Waals surface area (Å²) in [5.74, 6) is 1.13. The molecular formula is C18H20N4O3. The maximum Gasteiger partial charge on any atom is 0.320 e. The van der Waals surface area contributed by atoms with Crippen molar-refractivity contribution in [3.8, 4) is 5.75 Å². The summed E-state index contributed by atoms with van der Waals surface area (Å²) in [4.78, 5) is 16.4. The van der Waals surface area contributed by atoms with Gasteiger partial charge in [-0.2, -0.15) is 0 Å². The number of aliphatic hydroxyl groups excluding tert-OH is 1. The van der Waals surface area contributed by atoms with Crippen molar-refractivity contribution in [2.75, 3.05) is 25.6 Å². The van der Waals surface area contributed by atoms with Crippen LogP contribution in [0.4, 0.5) is 10.6 Å². The zero-order valence-corrected chi connectivity index (χ0v) is 13.8. The van der Waals surface area contributed by atoms with Crippen LogP contribution in [0.15, 0.2) is 54.9 Å². The molecule has 3 aromatic rings. The number of carbonyl (C=O) groups is 1. The van der Waals surface area contributed by atoms with Gasteiger partial charge in [-0.05, 0) is 29.8 Å². The van der Waals surface area contributed by atoms with E-state index < -0.39 is 0 Å². The van der Waals surface area contributed by atoms with Gasteiger partial charge in [-0.15, -0.1) is 0 Å². The molecule has 2 aromatic heterocycles. The van der Waals surface area contributed by atoms with Gasteiger partial charge < -0.3 is 15.2 Å². The van der Waals surface area contributed by atoms with Gasteiger partial charge in [-0.1, -0.05) is 18.2 Å². The molecule has 0 spiro atoms. The molecule has 0 aliphatic rings. The van der Waals surface area contributed by atoms with Crippen LogP contribution < -0.4 is 15.4 Å². The first-order chi connectivity index (χ1) is 12.2. The lowest BCUT2D eigenvalue weighted by molar-refractivity contribution is 0.243. The quantitative estimate of drug-likeness (QED) is 0.642. The number of methoxy groups -OCH3 is 1. The number of carbonyl (C=O) groups excluding carboxylic acids is 1. The third-order valence-corrected chi connectivity index (χ3v) is 3.98. The number of aromatic nitrogens is 2. The number of benzene rings is 1. The number of hydrogen-bond donors (Lipinski definition) is 3. The van der Waals surface area contributed by atoms with Gasteiger partial charge in [0.15, 0.2) is 0 Å². The molecular weight excluding hydrogens is 320 g/mol. The van der Waals surface area contributed by atoms with E-state index in [9.17, 15) is 9.90 Å². The smallest absolute Gasteiger partial charge is 0.320 e. The van der Waals surface area contributed by atoms with Gasteiger partial charge in [-0.25, -0.2) is 9.78 Å². The van der Waals surface area contributed by atoms with Crippen LogP contribution in [-0.2, 0) is 0 Å². The molecule has 1 aromatic carbocycles. The van der Waals surface area contributed by atoms with Crippen molar-refractivity contribution in [3.05, 3.63) is 60.4 Å². The van der Waals surface area contributed by atoms with Crippen molar-refractivity contribution in [1.82, 2.24) is 14.7 Å². The molecule has 7 heteroatoms. The van der Waals surface area contributed by atoms with Crippen LogP contribution in [0.25, 0.3) is 5.65 Å². The van der Waals surface area contributed by atoms with Crippen LogP contribution in [0.3, 0.4) is 0 Å². The standard InChI is InChI=1S/C18H20N4O3/c1-25-15-7-5-13(6-8-15)14(12-23)10-20-18(24)21-17-11-19-16-4-2-3-9-22(16)17/h2-9,11,14,23H,10,12H2,1H3,(H2,20,21,24). The first-order valence-electron chi connectivity index (χ1n) is 7.93. The van der Waals surface area contributed by atoms with E-state index in [1.165, 1.54) is 0 Å². The Kier molecular flexibility index (Phi) is 5.15. The lowest BCUT2D eigenvalue weighted by Crippen LogP contribution is -2.33. The number of imidazole rings is 1. The third-order valence-electron chi connectivity index (χ3n) is 3.98. The van der Waals surface area contributed by atoms with E-state index in [4.69, 9.17) is 4.74 Å². The van der Waals surface area contributed by atoms with Crippen molar-refractivity contribution in [3.63, 3.8) is 0 Å². The number of anilines is 1. The van der Waals surface area contributed by atoms with Crippen molar-refractivity contribution >= 4 is 17.5 Å². The Morgan fingerprint density at radius 3 is 2.80 bits per heavy atom. The molecule has 0 saturated carbocycles. The lowest BCUT2D eigenvalue weighted by Gasteiger charge is -2.16. The second-order valence-corrected chi connectivity index (χ2v) is 5.56. The van der Waals surface area contributed by atoms with Crippen LogP contribution in [0, 0.1) is 0 Å². The number of urea groups is 1. The van der Waals surface area contributed by atoms with Crippen molar-refractivity contribution < 1.29 is 14.6 Å². The highest BCUT2D eigenvalue weighted by atomic mass is 16.5. The minimum absolute atomic E-state index is 0.0672. The Balaban J connectivity index is 1.60. The normalized spacial score (nSPS) is 11.9. The van der Waals surface area contributed by atoms with Gasteiger partial charge in [0.2, 0.25) is 0 Å². The maximum absolute atomic E-state index is 12.1. The van der Waals surface area contributed by atoms with Crippen LogP contribution in [0.5, 0.6) is 5.75 Å². The molecule has 0 aliphatic carbocycles. The van der Waals surface area contributed by atoms with Gasteiger partial charge in [-0.3, -0.25) is 9.72 Å². The number of pyridine rings is 1. The average Bonchev–Trinajstić information content (AvgIpc) is 3.06. The minimum Gasteiger partial charge on any atom is -0.497 e. The van der Waals surface area contributed by atoms with E-state index in [0.717, 1.165) is 17.0 Å². The fourth-order valence-corrected chi connectivity index (χ4v) is 2.57. The number of hydrogen-bond acceptors (Lipinski definition) is 4. The first-order valence-corrected chi connectivity index (χ1v) is 7.93. The zero-order chi connectivity index (χ0) is 17.6. The Morgan fingerprint density at radius 1 is 1.28 bits per heavy atom. The third kappa shape index (κ3) is 3.89. The number of nitrogens with one attached hydrogen (secondary N) is 2. The fraction of sp³-hybridized carbons (Fsp3) is 0.222. The van der Waals surface area contributed by atoms with Gasteiger partial charge in [0.25, 0.3) is 0 Å². The Bertz CT molecular complexity index is 845. The molecule has 0 aliphatic heterocycles. The number of aliphatic hydroxyl groups is 1. The molecule has 25 heavy (non-hydrogen) atoms. The van der Waals surface area contributed by atoms with Gasteiger partial charge in [0.1, 0.15) is 17.2 Å². The summed E-state index contributed by atoms with van der Waals surface area (Å²) < 4.78 is 6.91. The summed E-state index contributed by atoms with van der Waals surface area (Å²) in [6, 6.07) is 12.7. The van der Waals surface area contributed by atoms with Crippen LogP contribution >= 0.6 is 0 Å². The Labute approximate surface area is 145 Å². The van der Waals surface area contributed by atoms with E-state index in [2.05, 4.69) is 15.6 Å². The van der Waals surface area contributed by atoms with Gasteiger partial charge >= 0.3 is 6.03 Å². The highest BCUT2D eigenvalue weighted by Crippen LogP contribution is 2.19. The summed E-state index contributed by atoms with van der Waals surface area (Å²) in [5.41, 5.74) is 1.68. The van der Waals surface area contributed by atoms with Gasteiger partial charge in [0, 0.05) is 18.7 Å². The minimum atomic E-state index is -0.349. The summed E-state index contributed by atoms with van der Waals surface area (Å²) in [6.45, 7) is 0.244. The first kappa shape index (κ1) is 16.8. The second-order valence-electron chi connectivity index (χ2n) is 5.56. The average molecular weight is 340 g/mol. The second kappa shape index (κ2) is 7.67. The van der Waals surface area contributed by atoms with Crippen LogP contribution in [0.1, 0.15) is 11.5 Å². The summed E-state index contributed by atoms with van der Waals surface area (Å²) >= 11 is 0. The fourth-order valence-electron chi connectivity index (χ4n) is 2.57. The predicted molar refractivity (Wildman–Crippen MR) is 95.0 cm³/mol. The highest BCUT2D eigenvalue weighted by molar-refractivity contribution is 5.88. The van der Waals surface area contributed by atoms with E-state index in [1.54, 1.807) is 17.7 Å². The summed E-state index contributed by atoms with van der Waals surface area (Å²) in [5, 5.41) is 15.1. The number of ether oxygens (including phenoxy) is 1. The number of rotatable bonds is 6. The Hall–Kier alpha value is -3.06. The van der Waals surface area contributed by atoms with Crippen LogP contribution in [0.2, 0.25) is 0 Å². The molecule has 3 N–H and O–H groups in total. The SMILES string of the molecule is COc1ccc(C(CO)CNC(=O)Nc2cnc3ccccn23)cc1. The Morgan fingerprint density at radius 2 is 2.08 bits per heavy atom. The molecule has 2 amide bonds. The molecule has 0 bridgehead atoms. The monoisotopic (exact) mass is 340 g/mol. The number of fused-ring (bicyclic) bond motifs is 1. The highest BCUT2D eigenvalue weighted by Gasteiger charge is 2.13. The topological polar surface area (TPSA) is 87.9 Å². The largest absolute Gasteiger partial charge is 0.497 e. The van der Waals surface area contributed by atoms with E-state index in [1.807, 2.05) is 48.7 Å². The molecule has 0 saturated heterocycles. The van der Waals surface area contributed by atoms with Crippen molar-refractivity contribution in [2.45, 2.75) is 5.92 Å². The zero-order valence-electron chi connectivity index (χ0n) is 13.8. The van der Waals surface area contributed by atoms with Crippen molar-refractivity contribution in [2.24, 2.45) is 0 Å². The summed E-state index contributed by atoms with van der Waals surface area (Å²) in [6.07, 6.45) is 3.42. The van der Waals surface area contributed by atoms with Crippen molar-refractivity contribution in [1.29, 1.82) is 0 Å². The maximum atomic E-state index is 12.1.